The molecule has 0 aliphatic rings. The third-order valence-corrected chi connectivity index (χ3v) is 2.19. The van der Waals surface area contributed by atoms with E-state index in [0.29, 0.717) is 11.9 Å². The number of hydrogen-bond donors (Lipinski definition) is 2. The van der Waals surface area contributed by atoms with E-state index >= 15 is 0 Å². The van der Waals surface area contributed by atoms with Crippen LogP contribution in [0.5, 0.6) is 5.75 Å². The lowest BCUT2D eigenvalue weighted by Crippen LogP contribution is -2.12. The number of aliphatic hydroxyl groups excluding tert-OH is 1. The van der Waals surface area contributed by atoms with Gasteiger partial charge >= 0.3 is 5.97 Å². The molecule has 23 heavy (non-hydrogen) atoms. The molecule has 0 spiro atoms. The second-order valence-corrected chi connectivity index (χ2v) is 4.03. The largest absolute Gasteiger partial charge is 0.500 e. The van der Waals surface area contributed by atoms with Crippen molar-refractivity contribution in [3.8, 4) is 5.75 Å². The van der Waals surface area contributed by atoms with Crippen molar-refractivity contribution >= 4 is 17.6 Å². The van der Waals surface area contributed by atoms with E-state index in [-0.39, 0.29) is 24.9 Å². The molecule has 0 saturated carbocycles. The van der Waals surface area contributed by atoms with Crippen molar-refractivity contribution in [3.63, 3.8) is 0 Å². The van der Waals surface area contributed by atoms with Gasteiger partial charge in [-0.2, -0.15) is 0 Å². The van der Waals surface area contributed by atoms with Gasteiger partial charge in [0.15, 0.2) is 0 Å². The van der Waals surface area contributed by atoms with Crippen molar-refractivity contribution < 1.29 is 34.1 Å². The van der Waals surface area contributed by atoms with Gasteiger partial charge in [0.25, 0.3) is 5.09 Å². The Morgan fingerprint density at radius 2 is 1.96 bits per heavy atom. The van der Waals surface area contributed by atoms with Gasteiger partial charge < -0.3 is 24.7 Å². The summed E-state index contributed by atoms with van der Waals surface area (Å²) in [7, 11) is 0. The second kappa shape index (κ2) is 8.87. The Labute approximate surface area is 130 Å². The Bertz CT molecular complexity index is 596. The number of aliphatic hydroxyl groups is 1. The highest BCUT2D eigenvalue weighted by atomic mass is 17.0. The number of esters is 1. The van der Waals surface area contributed by atoms with Crippen LogP contribution in [0.3, 0.4) is 0 Å². The molecule has 1 rings (SSSR count). The Morgan fingerprint density at radius 3 is 2.52 bits per heavy atom. The van der Waals surface area contributed by atoms with Crippen LogP contribution in [0, 0.1) is 10.1 Å². The first-order valence-corrected chi connectivity index (χ1v) is 6.26. The van der Waals surface area contributed by atoms with Gasteiger partial charge in [-0.3, -0.25) is 4.79 Å². The molecule has 0 atom stereocenters. The molecule has 1 aromatic rings. The molecule has 0 radical (unpaired) electrons. The van der Waals surface area contributed by atoms with Gasteiger partial charge in [0, 0.05) is 12.6 Å². The molecule has 0 fully saturated rings. The smallest absolute Gasteiger partial charge is 0.382 e. The molecule has 0 unspecified atom stereocenters. The standard InChI is InChI=1S/C13H14N2O8/c1-9(16)14-10-2-4-11(5-3-10)23-13(18)12(17)8-21-6-7-22-15(19)20/h2-5,8,17H,6-7H2,1H3,(H,14,16). The number of ether oxygens (including phenoxy) is 2. The topological polar surface area (TPSA) is 137 Å². The first-order valence-electron chi connectivity index (χ1n) is 6.26. The van der Waals surface area contributed by atoms with Gasteiger partial charge in [-0.05, 0) is 24.3 Å². The van der Waals surface area contributed by atoms with Crippen LogP contribution in [-0.2, 0) is 19.2 Å². The maximum atomic E-state index is 11.5. The number of hydrogen-bond acceptors (Lipinski definition) is 8. The molecule has 0 saturated heterocycles. The number of anilines is 1. The summed E-state index contributed by atoms with van der Waals surface area (Å²) in [5, 5.41) is 20.8. The zero-order valence-electron chi connectivity index (χ0n) is 12.1. The predicted molar refractivity (Wildman–Crippen MR) is 76.0 cm³/mol. The second-order valence-electron chi connectivity index (χ2n) is 4.03. The molecule has 0 bridgehead atoms. The zero-order chi connectivity index (χ0) is 17.2. The normalized spacial score (nSPS) is 10.6. The molecule has 10 heteroatoms. The Hall–Kier alpha value is -3.30. The molecule has 1 aromatic carbocycles. The Kier molecular flexibility index (Phi) is 6.85. The van der Waals surface area contributed by atoms with Gasteiger partial charge in [0.1, 0.15) is 25.2 Å². The maximum absolute atomic E-state index is 11.5. The summed E-state index contributed by atoms with van der Waals surface area (Å²) in [5.41, 5.74) is 0.520. The van der Waals surface area contributed by atoms with Crippen molar-refractivity contribution in [1.82, 2.24) is 0 Å². The molecular weight excluding hydrogens is 312 g/mol. The molecule has 10 nitrogen and oxygen atoms in total. The van der Waals surface area contributed by atoms with Crippen molar-refractivity contribution in [1.29, 1.82) is 0 Å². The van der Waals surface area contributed by atoms with Crippen molar-refractivity contribution in [2.45, 2.75) is 6.92 Å². The average Bonchev–Trinajstić information content (AvgIpc) is 2.47. The van der Waals surface area contributed by atoms with Crippen LogP contribution in [0.1, 0.15) is 6.92 Å². The van der Waals surface area contributed by atoms with Gasteiger partial charge in [0.2, 0.25) is 11.7 Å². The van der Waals surface area contributed by atoms with Gasteiger partial charge in [-0.25, -0.2) is 4.79 Å². The van der Waals surface area contributed by atoms with E-state index < -0.39 is 16.8 Å². The van der Waals surface area contributed by atoms with Crippen LogP contribution in [0.2, 0.25) is 0 Å². The van der Waals surface area contributed by atoms with E-state index in [9.17, 15) is 24.8 Å². The van der Waals surface area contributed by atoms with E-state index in [1.807, 2.05) is 0 Å². The van der Waals surface area contributed by atoms with Gasteiger partial charge in [0.05, 0.1) is 0 Å². The lowest BCUT2D eigenvalue weighted by Gasteiger charge is -2.06. The zero-order valence-corrected chi connectivity index (χ0v) is 12.1. The van der Waals surface area contributed by atoms with Crippen molar-refractivity contribution in [2.24, 2.45) is 0 Å². The number of carbonyl (C=O) groups is 2. The fraction of sp³-hybridized carbons (Fsp3) is 0.231. The molecule has 2 N–H and O–H groups in total. The first kappa shape index (κ1) is 17.8. The van der Waals surface area contributed by atoms with Crippen LogP contribution in [-0.4, -0.2) is 35.3 Å². The summed E-state index contributed by atoms with van der Waals surface area (Å²) in [6.45, 7) is 0.771. The Morgan fingerprint density at radius 1 is 1.30 bits per heavy atom. The maximum Gasteiger partial charge on any atom is 0.382 e. The van der Waals surface area contributed by atoms with Gasteiger partial charge in [-0.15, -0.1) is 10.1 Å². The molecule has 0 aromatic heterocycles. The van der Waals surface area contributed by atoms with Crippen LogP contribution in [0.25, 0.3) is 0 Å². The minimum Gasteiger partial charge on any atom is -0.500 e. The highest BCUT2D eigenvalue weighted by Gasteiger charge is 2.11. The van der Waals surface area contributed by atoms with E-state index in [0.717, 1.165) is 0 Å². The quantitative estimate of drug-likeness (QED) is 0.138. The van der Waals surface area contributed by atoms with Crippen LogP contribution in [0.4, 0.5) is 5.69 Å². The van der Waals surface area contributed by atoms with Gasteiger partial charge in [-0.1, -0.05) is 0 Å². The summed E-state index contributed by atoms with van der Waals surface area (Å²) in [6.07, 6.45) is 0.692. The molecule has 0 aliphatic carbocycles. The average molecular weight is 326 g/mol. The fourth-order valence-electron chi connectivity index (χ4n) is 1.31. The number of nitrogens with one attached hydrogen (secondary N) is 1. The highest BCUT2D eigenvalue weighted by Crippen LogP contribution is 2.16. The molecule has 0 heterocycles. The van der Waals surface area contributed by atoms with Crippen molar-refractivity contribution in [3.05, 3.63) is 46.4 Å². The van der Waals surface area contributed by atoms with Crippen molar-refractivity contribution in [2.75, 3.05) is 18.5 Å². The number of benzene rings is 1. The number of amides is 1. The lowest BCUT2D eigenvalue weighted by molar-refractivity contribution is -0.758. The fourth-order valence-corrected chi connectivity index (χ4v) is 1.31. The number of carbonyl (C=O) groups excluding carboxylic acids is 2. The van der Waals surface area contributed by atoms with E-state index in [2.05, 4.69) is 14.9 Å². The summed E-state index contributed by atoms with van der Waals surface area (Å²) in [6, 6.07) is 5.86. The molecule has 0 aliphatic heterocycles. The minimum atomic E-state index is -1.08. The SMILES string of the molecule is CC(=O)Nc1ccc(OC(=O)C(O)=COCCO[N+](=O)[O-])cc1. The summed E-state index contributed by atoms with van der Waals surface area (Å²) in [5.74, 6) is -2.00. The number of nitrogens with zero attached hydrogens (tertiary/aromatic N) is 1. The molecule has 124 valence electrons. The number of rotatable bonds is 8. The summed E-state index contributed by atoms with van der Waals surface area (Å²) < 4.78 is 9.52. The van der Waals surface area contributed by atoms with E-state index in [4.69, 9.17) is 4.74 Å². The van der Waals surface area contributed by atoms with Crippen LogP contribution >= 0.6 is 0 Å². The first-order chi connectivity index (χ1) is 10.9. The lowest BCUT2D eigenvalue weighted by atomic mass is 10.3. The summed E-state index contributed by atoms with van der Waals surface area (Å²) >= 11 is 0. The third kappa shape index (κ3) is 7.32. The highest BCUT2D eigenvalue weighted by molar-refractivity contribution is 5.89. The Balaban J connectivity index is 2.44. The van der Waals surface area contributed by atoms with Crippen LogP contribution < -0.4 is 10.1 Å². The van der Waals surface area contributed by atoms with E-state index in [1.165, 1.54) is 31.2 Å². The minimum absolute atomic E-state index is 0.140. The van der Waals surface area contributed by atoms with Crippen LogP contribution in [0.15, 0.2) is 36.3 Å². The monoisotopic (exact) mass is 326 g/mol. The predicted octanol–water partition coefficient (Wildman–Crippen LogP) is 1.17. The molecular formula is C13H14N2O8. The van der Waals surface area contributed by atoms with E-state index in [1.54, 1.807) is 0 Å². The summed E-state index contributed by atoms with van der Waals surface area (Å²) in [4.78, 5) is 36.2. The molecule has 1 amide bonds. The third-order valence-electron chi connectivity index (χ3n) is 2.19.